The molecule has 1 aromatic carbocycles. The molecular weight excluding hydrogens is 326 g/mol. The first-order valence-electron chi connectivity index (χ1n) is 7.90. The number of thiophene rings is 1. The van der Waals surface area contributed by atoms with Crippen LogP contribution in [0.25, 0.3) is 0 Å². The second-order valence-electron chi connectivity index (χ2n) is 5.87. The Morgan fingerprint density at radius 3 is 2.58 bits per heavy atom. The van der Waals surface area contributed by atoms with Crippen molar-refractivity contribution in [2.45, 2.75) is 18.9 Å². The highest BCUT2D eigenvalue weighted by atomic mass is 32.1. The van der Waals surface area contributed by atoms with Gasteiger partial charge in [0, 0.05) is 13.2 Å². The fraction of sp³-hybridized carbons (Fsp3) is 0.333. The number of carbonyl (C=O) groups is 2. The monoisotopic (exact) mass is 345 g/mol. The highest BCUT2D eigenvalue weighted by Gasteiger charge is 2.24. The molecule has 0 spiro atoms. The van der Waals surface area contributed by atoms with Crippen LogP contribution >= 0.6 is 11.3 Å². The number of carboxylic acid groups (broad SMARTS) is 1. The van der Waals surface area contributed by atoms with E-state index in [1.165, 1.54) is 6.07 Å². The van der Waals surface area contributed by atoms with Gasteiger partial charge in [-0.25, -0.2) is 4.79 Å². The molecule has 1 aromatic heterocycles. The third-order valence-corrected chi connectivity index (χ3v) is 5.21. The van der Waals surface area contributed by atoms with Gasteiger partial charge < -0.3 is 15.2 Å². The molecule has 2 N–H and O–H groups in total. The lowest BCUT2D eigenvalue weighted by molar-refractivity contribution is 0.0702. The molecular formula is C18H19NO4S. The molecule has 0 aliphatic carbocycles. The van der Waals surface area contributed by atoms with E-state index < -0.39 is 5.97 Å². The summed E-state index contributed by atoms with van der Waals surface area (Å²) in [5.41, 5.74) is 1.05. The number of amides is 1. The fourth-order valence-electron chi connectivity index (χ4n) is 2.87. The summed E-state index contributed by atoms with van der Waals surface area (Å²) in [6, 6.07) is 12.8. The molecule has 2 aromatic rings. The maximum Gasteiger partial charge on any atom is 0.345 e. The van der Waals surface area contributed by atoms with Crippen LogP contribution in [0.5, 0.6) is 0 Å². The lowest BCUT2D eigenvalue weighted by atomic mass is 9.94. The van der Waals surface area contributed by atoms with Gasteiger partial charge in [0.1, 0.15) is 4.88 Å². The van der Waals surface area contributed by atoms with Gasteiger partial charge in [-0.1, -0.05) is 30.3 Å². The van der Waals surface area contributed by atoms with Gasteiger partial charge in [-0.2, -0.15) is 0 Å². The smallest absolute Gasteiger partial charge is 0.345 e. The molecule has 1 aliphatic heterocycles. The van der Waals surface area contributed by atoms with Crippen LogP contribution < -0.4 is 5.32 Å². The largest absolute Gasteiger partial charge is 0.477 e. The number of rotatable bonds is 6. The highest BCUT2D eigenvalue weighted by molar-refractivity contribution is 7.15. The number of carboxylic acids is 1. The average Bonchev–Trinajstić information content (AvgIpc) is 3.26. The van der Waals surface area contributed by atoms with Crippen molar-refractivity contribution < 1.29 is 19.4 Å². The molecule has 3 rings (SSSR count). The topological polar surface area (TPSA) is 75.6 Å². The molecule has 24 heavy (non-hydrogen) atoms. The molecule has 2 atom stereocenters. The molecule has 0 bridgehead atoms. The fourth-order valence-corrected chi connectivity index (χ4v) is 3.62. The van der Waals surface area contributed by atoms with Crippen LogP contribution in [0, 0.1) is 5.92 Å². The first-order valence-corrected chi connectivity index (χ1v) is 8.72. The summed E-state index contributed by atoms with van der Waals surface area (Å²) >= 11 is 0.993. The Kier molecular flexibility index (Phi) is 5.27. The van der Waals surface area contributed by atoms with Crippen molar-refractivity contribution in [1.29, 1.82) is 0 Å². The minimum Gasteiger partial charge on any atom is -0.477 e. The number of nitrogens with one attached hydrogen (secondary N) is 1. The van der Waals surface area contributed by atoms with Gasteiger partial charge in [-0.3, -0.25) is 4.79 Å². The zero-order valence-corrected chi connectivity index (χ0v) is 13.9. The molecule has 126 valence electrons. The van der Waals surface area contributed by atoms with Crippen molar-refractivity contribution in [2.75, 3.05) is 13.2 Å². The first-order chi connectivity index (χ1) is 11.6. The molecule has 0 saturated carbocycles. The molecule has 1 amide bonds. The van der Waals surface area contributed by atoms with Gasteiger partial charge in [0.25, 0.3) is 5.91 Å². The number of ether oxygens (including phenoxy) is 1. The van der Waals surface area contributed by atoms with Gasteiger partial charge in [-0.15, -0.1) is 11.3 Å². The van der Waals surface area contributed by atoms with E-state index in [1.54, 1.807) is 6.07 Å². The van der Waals surface area contributed by atoms with Crippen LogP contribution in [0.15, 0.2) is 42.5 Å². The third-order valence-electron chi connectivity index (χ3n) is 4.14. The number of benzene rings is 1. The minimum atomic E-state index is -1.01. The SMILES string of the molecule is O=C(O)c1ccc(C(=O)N[C@@H](C[C@@H]2CCOC2)c2ccccc2)s1. The van der Waals surface area contributed by atoms with Gasteiger partial charge in [-0.05, 0) is 36.5 Å². The van der Waals surface area contributed by atoms with Crippen molar-refractivity contribution in [1.82, 2.24) is 5.32 Å². The van der Waals surface area contributed by atoms with Crippen LogP contribution in [-0.4, -0.2) is 30.2 Å². The Labute approximate surface area is 144 Å². The van der Waals surface area contributed by atoms with E-state index >= 15 is 0 Å². The summed E-state index contributed by atoms with van der Waals surface area (Å²) in [6.45, 7) is 1.49. The summed E-state index contributed by atoms with van der Waals surface area (Å²) in [7, 11) is 0. The summed E-state index contributed by atoms with van der Waals surface area (Å²) in [4.78, 5) is 24.1. The molecule has 0 radical (unpaired) electrons. The van der Waals surface area contributed by atoms with Gasteiger partial charge in [0.2, 0.25) is 0 Å². The van der Waals surface area contributed by atoms with Crippen LogP contribution in [0.2, 0.25) is 0 Å². The van der Waals surface area contributed by atoms with Crippen LogP contribution in [-0.2, 0) is 4.74 Å². The van der Waals surface area contributed by atoms with Crippen molar-refractivity contribution in [3.63, 3.8) is 0 Å². The van der Waals surface area contributed by atoms with E-state index in [1.807, 2.05) is 30.3 Å². The van der Waals surface area contributed by atoms with Crippen molar-refractivity contribution in [3.8, 4) is 0 Å². The van der Waals surface area contributed by atoms with Gasteiger partial charge in [0.15, 0.2) is 0 Å². The van der Waals surface area contributed by atoms with Crippen molar-refractivity contribution >= 4 is 23.2 Å². The standard InChI is InChI=1S/C18H19NO4S/c20-17(15-6-7-16(24-15)18(21)22)19-14(10-12-8-9-23-11-12)13-4-2-1-3-5-13/h1-7,12,14H,8-11H2,(H,19,20)(H,21,22)/t12-,14-/m0/s1. The quantitative estimate of drug-likeness (QED) is 0.842. The second kappa shape index (κ2) is 7.59. The minimum absolute atomic E-state index is 0.110. The zero-order chi connectivity index (χ0) is 16.9. The summed E-state index contributed by atoms with van der Waals surface area (Å²) < 4.78 is 5.44. The number of aromatic carboxylic acids is 1. The number of hydrogen-bond acceptors (Lipinski definition) is 4. The average molecular weight is 345 g/mol. The van der Waals surface area contributed by atoms with E-state index in [0.717, 1.165) is 43.0 Å². The Bertz CT molecular complexity index is 707. The highest BCUT2D eigenvalue weighted by Crippen LogP contribution is 2.27. The third kappa shape index (κ3) is 4.01. The molecule has 5 nitrogen and oxygen atoms in total. The summed E-state index contributed by atoms with van der Waals surface area (Å²) in [5, 5.41) is 12.0. The van der Waals surface area contributed by atoms with Crippen molar-refractivity contribution in [3.05, 3.63) is 57.8 Å². The van der Waals surface area contributed by atoms with Crippen molar-refractivity contribution in [2.24, 2.45) is 5.92 Å². The Balaban J connectivity index is 1.74. The lowest BCUT2D eigenvalue weighted by Crippen LogP contribution is -2.29. The van der Waals surface area contributed by atoms with Crippen LogP contribution in [0.1, 0.15) is 43.8 Å². The molecule has 2 heterocycles. The molecule has 0 unspecified atom stereocenters. The summed E-state index contributed by atoms with van der Waals surface area (Å²) in [6.07, 6.45) is 1.81. The predicted octanol–water partition coefficient (Wildman–Crippen LogP) is 3.34. The zero-order valence-electron chi connectivity index (χ0n) is 13.1. The summed E-state index contributed by atoms with van der Waals surface area (Å²) in [5.74, 6) is -0.824. The molecule has 1 saturated heterocycles. The maximum absolute atomic E-state index is 12.5. The molecule has 6 heteroatoms. The van der Waals surface area contributed by atoms with E-state index in [-0.39, 0.29) is 16.8 Å². The Morgan fingerprint density at radius 2 is 1.96 bits per heavy atom. The number of carbonyl (C=O) groups excluding carboxylic acids is 1. The molecule has 1 fully saturated rings. The molecule has 1 aliphatic rings. The van der Waals surface area contributed by atoms with E-state index in [0.29, 0.717) is 10.8 Å². The second-order valence-corrected chi connectivity index (χ2v) is 6.95. The van der Waals surface area contributed by atoms with E-state index in [9.17, 15) is 9.59 Å². The maximum atomic E-state index is 12.5. The van der Waals surface area contributed by atoms with E-state index in [2.05, 4.69) is 5.32 Å². The first kappa shape index (κ1) is 16.7. The van der Waals surface area contributed by atoms with Crippen LogP contribution in [0.4, 0.5) is 0 Å². The van der Waals surface area contributed by atoms with Crippen LogP contribution in [0.3, 0.4) is 0 Å². The predicted molar refractivity (Wildman–Crippen MR) is 91.5 cm³/mol. The number of hydrogen-bond donors (Lipinski definition) is 2. The van der Waals surface area contributed by atoms with Gasteiger partial charge >= 0.3 is 5.97 Å². The lowest BCUT2D eigenvalue weighted by Gasteiger charge is -2.21. The van der Waals surface area contributed by atoms with Gasteiger partial charge in [0.05, 0.1) is 10.9 Å². The Morgan fingerprint density at radius 1 is 1.21 bits per heavy atom. The Hall–Kier alpha value is -2.18. The normalized spacial score (nSPS) is 18.2. The van der Waals surface area contributed by atoms with E-state index in [4.69, 9.17) is 9.84 Å².